The Balaban J connectivity index is 2.26. The number of amides is 1. The molecule has 0 aliphatic carbocycles. The zero-order chi connectivity index (χ0) is 14.1. The zero-order valence-electron chi connectivity index (χ0n) is 10.3. The molecular formula is C13H15Br2NO3. The van der Waals surface area contributed by atoms with Crippen molar-refractivity contribution in [2.75, 3.05) is 10.6 Å². The molecule has 1 aromatic rings. The van der Waals surface area contributed by atoms with Crippen LogP contribution in [-0.4, -0.2) is 17.4 Å². The average Bonchev–Trinajstić information content (AvgIpc) is 2.37. The van der Waals surface area contributed by atoms with Crippen LogP contribution in [0.3, 0.4) is 0 Å². The third-order valence-corrected chi connectivity index (χ3v) is 3.40. The van der Waals surface area contributed by atoms with Gasteiger partial charge >= 0.3 is 12.1 Å². The number of halogens is 2. The molecule has 0 saturated carbocycles. The van der Waals surface area contributed by atoms with Crippen LogP contribution in [0.2, 0.25) is 0 Å². The van der Waals surface area contributed by atoms with Gasteiger partial charge in [0.1, 0.15) is 0 Å². The molecule has 0 radical (unpaired) electrons. The molecule has 19 heavy (non-hydrogen) atoms. The minimum atomic E-state index is -0.743. The van der Waals surface area contributed by atoms with Crippen LogP contribution in [0.1, 0.15) is 25.7 Å². The number of ether oxygens (including phenoxy) is 1. The quantitative estimate of drug-likeness (QED) is 0.336. The second-order valence-corrected chi connectivity index (χ2v) is 5.60. The molecule has 0 atom stereocenters. The number of carbonyl (C=O) groups excluding carboxylic acids is 2. The summed E-state index contributed by atoms with van der Waals surface area (Å²) in [6.07, 6.45) is 2.21. The van der Waals surface area contributed by atoms with Gasteiger partial charge in [0.25, 0.3) is 0 Å². The Morgan fingerprint density at radius 3 is 2.42 bits per heavy atom. The number of alkyl halides is 1. The molecule has 0 saturated heterocycles. The SMILES string of the molecule is O=C(CCCCCBr)OC(=O)Nc1ccc(Br)cc1. The van der Waals surface area contributed by atoms with Gasteiger partial charge in [-0.15, -0.1) is 0 Å². The van der Waals surface area contributed by atoms with E-state index in [1.54, 1.807) is 24.3 Å². The highest BCUT2D eigenvalue weighted by Crippen LogP contribution is 2.14. The monoisotopic (exact) mass is 391 g/mol. The minimum Gasteiger partial charge on any atom is -0.376 e. The summed E-state index contributed by atoms with van der Waals surface area (Å²) < 4.78 is 5.56. The predicted molar refractivity (Wildman–Crippen MR) is 81.5 cm³/mol. The van der Waals surface area contributed by atoms with Gasteiger partial charge in [-0.1, -0.05) is 38.3 Å². The van der Waals surface area contributed by atoms with Gasteiger partial charge in [0.15, 0.2) is 0 Å². The van der Waals surface area contributed by atoms with Crippen LogP contribution in [0.15, 0.2) is 28.7 Å². The molecule has 0 heterocycles. The first-order valence-electron chi connectivity index (χ1n) is 5.95. The van der Waals surface area contributed by atoms with E-state index in [-0.39, 0.29) is 6.42 Å². The van der Waals surface area contributed by atoms with Crippen molar-refractivity contribution in [3.05, 3.63) is 28.7 Å². The lowest BCUT2D eigenvalue weighted by molar-refractivity contribution is -0.137. The van der Waals surface area contributed by atoms with E-state index < -0.39 is 12.1 Å². The summed E-state index contributed by atoms with van der Waals surface area (Å²) in [5.41, 5.74) is 0.584. The van der Waals surface area contributed by atoms with Crippen LogP contribution in [-0.2, 0) is 9.53 Å². The highest BCUT2D eigenvalue weighted by Gasteiger charge is 2.10. The van der Waals surface area contributed by atoms with Crippen molar-refractivity contribution in [3.63, 3.8) is 0 Å². The van der Waals surface area contributed by atoms with Gasteiger partial charge in [-0.05, 0) is 37.1 Å². The van der Waals surface area contributed by atoms with Crippen molar-refractivity contribution >= 4 is 49.6 Å². The van der Waals surface area contributed by atoms with Gasteiger partial charge in [0, 0.05) is 21.9 Å². The summed E-state index contributed by atoms with van der Waals surface area (Å²) in [6.45, 7) is 0. The first-order chi connectivity index (χ1) is 9.11. The fraction of sp³-hybridized carbons (Fsp3) is 0.385. The minimum absolute atomic E-state index is 0.265. The summed E-state index contributed by atoms with van der Waals surface area (Å²) in [4.78, 5) is 22.8. The molecule has 4 nitrogen and oxygen atoms in total. The Bertz CT molecular complexity index is 420. The highest BCUT2D eigenvalue weighted by atomic mass is 79.9. The summed E-state index contributed by atoms with van der Waals surface area (Å²) >= 11 is 6.61. The van der Waals surface area contributed by atoms with Crippen molar-refractivity contribution < 1.29 is 14.3 Å². The van der Waals surface area contributed by atoms with E-state index >= 15 is 0 Å². The topological polar surface area (TPSA) is 55.4 Å². The van der Waals surface area contributed by atoms with Crippen LogP contribution in [0.5, 0.6) is 0 Å². The Hall–Kier alpha value is -0.880. The lowest BCUT2D eigenvalue weighted by atomic mass is 10.2. The number of rotatable bonds is 6. The number of anilines is 1. The van der Waals surface area contributed by atoms with Gasteiger partial charge < -0.3 is 4.74 Å². The molecule has 1 N–H and O–H groups in total. The Morgan fingerprint density at radius 1 is 1.11 bits per heavy atom. The molecular weight excluding hydrogens is 378 g/mol. The van der Waals surface area contributed by atoms with Gasteiger partial charge in [0.05, 0.1) is 0 Å². The summed E-state index contributed by atoms with van der Waals surface area (Å²) in [7, 11) is 0. The third-order valence-electron chi connectivity index (χ3n) is 2.31. The van der Waals surface area contributed by atoms with E-state index in [0.29, 0.717) is 5.69 Å². The maximum atomic E-state index is 11.4. The van der Waals surface area contributed by atoms with E-state index in [2.05, 4.69) is 41.9 Å². The molecule has 1 amide bonds. The maximum Gasteiger partial charge on any atom is 0.419 e. The van der Waals surface area contributed by atoms with E-state index in [9.17, 15) is 9.59 Å². The number of unbranched alkanes of at least 4 members (excludes halogenated alkanes) is 2. The molecule has 104 valence electrons. The summed E-state index contributed by atoms with van der Waals surface area (Å²) in [6, 6.07) is 7.01. The van der Waals surface area contributed by atoms with E-state index in [1.807, 2.05) is 0 Å². The molecule has 0 aliphatic rings. The average molecular weight is 393 g/mol. The lowest BCUT2D eigenvalue weighted by Gasteiger charge is -2.05. The van der Waals surface area contributed by atoms with Crippen LogP contribution in [0, 0.1) is 0 Å². The smallest absolute Gasteiger partial charge is 0.376 e. The maximum absolute atomic E-state index is 11.4. The lowest BCUT2D eigenvalue weighted by Crippen LogP contribution is -2.18. The van der Waals surface area contributed by atoms with Crippen LogP contribution >= 0.6 is 31.9 Å². The number of benzene rings is 1. The highest BCUT2D eigenvalue weighted by molar-refractivity contribution is 9.10. The van der Waals surface area contributed by atoms with E-state index in [0.717, 1.165) is 29.1 Å². The standard InChI is InChI=1S/C13H15Br2NO3/c14-9-3-1-2-4-12(17)19-13(18)16-11-7-5-10(15)6-8-11/h5-8H,1-4,9H2,(H,16,18). The largest absolute Gasteiger partial charge is 0.419 e. The Morgan fingerprint density at radius 2 is 1.79 bits per heavy atom. The van der Waals surface area contributed by atoms with Crippen molar-refractivity contribution in [1.82, 2.24) is 0 Å². The molecule has 0 aliphatic heterocycles. The predicted octanol–water partition coefficient (Wildman–Crippen LogP) is 4.48. The third kappa shape index (κ3) is 7.32. The molecule has 0 fully saturated rings. The van der Waals surface area contributed by atoms with Crippen molar-refractivity contribution in [1.29, 1.82) is 0 Å². The van der Waals surface area contributed by atoms with Gasteiger partial charge in [-0.25, -0.2) is 4.79 Å². The Labute approximate surface area is 129 Å². The first kappa shape index (κ1) is 16.2. The second kappa shape index (κ2) is 9.09. The molecule has 1 aromatic carbocycles. The molecule has 1 rings (SSSR count). The van der Waals surface area contributed by atoms with E-state index in [1.165, 1.54) is 0 Å². The number of carbonyl (C=O) groups is 2. The van der Waals surface area contributed by atoms with Crippen molar-refractivity contribution in [3.8, 4) is 0 Å². The zero-order valence-corrected chi connectivity index (χ0v) is 13.5. The number of hydrogen-bond donors (Lipinski definition) is 1. The Kier molecular flexibility index (Phi) is 7.74. The second-order valence-electron chi connectivity index (χ2n) is 3.89. The summed E-state index contributed by atoms with van der Waals surface area (Å²) in [5, 5.41) is 3.41. The molecule has 0 aromatic heterocycles. The number of esters is 1. The fourth-order valence-corrected chi connectivity index (χ4v) is 2.03. The number of hydrogen-bond acceptors (Lipinski definition) is 3. The van der Waals surface area contributed by atoms with Gasteiger partial charge in [-0.2, -0.15) is 0 Å². The number of nitrogens with one attached hydrogen (secondary N) is 1. The normalized spacial score (nSPS) is 10.0. The molecule has 6 heteroatoms. The summed E-state index contributed by atoms with van der Waals surface area (Å²) in [5.74, 6) is -0.496. The van der Waals surface area contributed by atoms with E-state index in [4.69, 9.17) is 0 Å². The fourth-order valence-electron chi connectivity index (χ4n) is 1.37. The molecule has 0 bridgehead atoms. The van der Waals surface area contributed by atoms with Crippen LogP contribution < -0.4 is 5.32 Å². The first-order valence-corrected chi connectivity index (χ1v) is 7.86. The van der Waals surface area contributed by atoms with Gasteiger partial charge in [-0.3, -0.25) is 10.1 Å². The van der Waals surface area contributed by atoms with Gasteiger partial charge in [0.2, 0.25) is 0 Å². The molecule has 0 unspecified atom stereocenters. The van der Waals surface area contributed by atoms with Crippen LogP contribution in [0.25, 0.3) is 0 Å². The molecule has 0 spiro atoms. The van der Waals surface area contributed by atoms with Crippen molar-refractivity contribution in [2.45, 2.75) is 25.7 Å². The van der Waals surface area contributed by atoms with Crippen LogP contribution in [0.4, 0.5) is 10.5 Å². The van der Waals surface area contributed by atoms with Crippen molar-refractivity contribution in [2.24, 2.45) is 0 Å².